The Morgan fingerprint density at radius 2 is 1.94 bits per heavy atom. The van der Waals surface area contributed by atoms with Gasteiger partial charge in [0, 0.05) is 20.2 Å². The van der Waals surface area contributed by atoms with Gasteiger partial charge in [0.25, 0.3) is 0 Å². The first kappa shape index (κ1) is 13.4. The highest BCUT2D eigenvalue weighted by atomic mass is 16.5. The Hall–Kier alpha value is -1.06. The van der Waals surface area contributed by atoms with Crippen molar-refractivity contribution in [3.05, 3.63) is 30.3 Å². The van der Waals surface area contributed by atoms with Crippen LogP contribution in [0.4, 0.5) is 0 Å². The van der Waals surface area contributed by atoms with Gasteiger partial charge in [0.15, 0.2) is 0 Å². The summed E-state index contributed by atoms with van der Waals surface area (Å²) in [6.45, 7) is 3.64. The van der Waals surface area contributed by atoms with E-state index in [2.05, 4.69) is 5.32 Å². The fraction of sp³-hybridized carbons (Fsp3) is 0.600. The molecule has 0 heterocycles. The van der Waals surface area contributed by atoms with Crippen LogP contribution in [0.5, 0.6) is 5.75 Å². The van der Waals surface area contributed by atoms with Crippen LogP contribution in [0.2, 0.25) is 0 Å². The van der Waals surface area contributed by atoms with Crippen molar-refractivity contribution in [2.45, 2.75) is 19.3 Å². The molecule has 0 saturated heterocycles. The second kappa shape index (κ2) is 6.76. The van der Waals surface area contributed by atoms with E-state index in [1.54, 1.807) is 7.11 Å². The predicted molar refractivity (Wildman–Crippen MR) is 73.0 cm³/mol. The van der Waals surface area contributed by atoms with Gasteiger partial charge in [0.2, 0.25) is 0 Å². The summed E-state index contributed by atoms with van der Waals surface area (Å²) in [5, 5.41) is 3.46. The zero-order valence-electron chi connectivity index (χ0n) is 11.2. The summed E-state index contributed by atoms with van der Waals surface area (Å²) in [5.74, 6) is 0.973. The molecule has 1 aliphatic rings. The minimum absolute atomic E-state index is 0.489. The maximum Gasteiger partial charge on any atom is 0.119 e. The molecule has 18 heavy (non-hydrogen) atoms. The molecule has 3 nitrogen and oxygen atoms in total. The third-order valence-corrected chi connectivity index (χ3v) is 3.58. The average Bonchev–Trinajstić information content (AvgIpc) is 3.17. The van der Waals surface area contributed by atoms with Crippen LogP contribution in [0.3, 0.4) is 0 Å². The van der Waals surface area contributed by atoms with E-state index in [0.717, 1.165) is 38.5 Å². The zero-order valence-corrected chi connectivity index (χ0v) is 11.2. The highest BCUT2D eigenvalue weighted by molar-refractivity contribution is 5.20. The van der Waals surface area contributed by atoms with Gasteiger partial charge >= 0.3 is 0 Å². The van der Waals surface area contributed by atoms with Crippen LogP contribution >= 0.6 is 0 Å². The van der Waals surface area contributed by atoms with Crippen molar-refractivity contribution in [1.82, 2.24) is 5.32 Å². The zero-order chi connectivity index (χ0) is 12.7. The quantitative estimate of drug-likeness (QED) is 0.682. The summed E-state index contributed by atoms with van der Waals surface area (Å²) < 4.78 is 10.8. The van der Waals surface area contributed by atoms with E-state index in [9.17, 15) is 0 Å². The first-order valence-electron chi connectivity index (χ1n) is 6.72. The van der Waals surface area contributed by atoms with E-state index in [0.29, 0.717) is 5.41 Å². The molecule has 3 heteroatoms. The van der Waals surface area contributed by atoms with Crippen molar-refractivity contribution in [2.24, 2.45) is 5.41 Å². The number of nitrogens with one attached hydrogen (secondary N) is 1. The molecule has 1 fully saturated rings. The summed E-state index contributed by atoms with van der Waals surface area (Å²) in [6, 6.07) is 10.0. The van der Waals surface area contributed by atoms with E-state index >= 15 is 0 Å². The van der Waals surface area contributed by atoms with Gasteiger partial charge < -0.3 is 14.8 Å². The van der Waals surface area contributed by atoms with Gasteiger partial charge in [0.05, 0.1) is 13.2 Å². The molecular formula is C15H23NO2. The first-order chi connectivity index (χ1) is 8.85. The molecule has 1 aromatic carbocycles. The topological polar surface area (TPSA) is 30.5 Å². The summed E-state index contributed by atoms with van der Waals surface area (Å²) in [6.07, 6.45) is 3.79. The Bertz CT molecular complexity index is 336. The molecule has 1 N–H and O–H groups in total. The van der Waals surface area contributed by atoms with Crippen molar-refractivity contribution in [3.63, 3.8) is 0 Å². The monoisotopic (exact) mass is 249 g/mol. The number of hydrogen-bond acceptors (Lipinski definition) is 3. The Balaban J connectivity index is 1.61. The molecule has 0 bridgehead atoms. The van der Waals surface area contributed by atoms with Gasteiger partial charge in [-0.25, -0.2) is 0 Å². The molecule has 0 aliphatic heterocycles. The van der Waals surface area contributed by atoms with Crippen molar-refractivity contribution in [2.75, 3.05) is 33.4 Å². The molecule has 0 radical (unpaired) electrons. The first-order valence-corrected chi connectivity index (χ1v) is 6.72. The fourth-order valence-electron chi connectivity index (χ4n) is 2.12. The standard InChI is InChI=1S/C15H23NO2/c1-17-12-10-16-13-15(7-8-15)9-11-18-14-5-3-2-4-6-14/h2-6,16H,7-13H2,1H3. The normalized spacial score (nSPS) is 16.5. The lowest BCUT2D eigenvalue weighted by molar-refractivity contribution is 0.195. The van der Waals surface area contributed by atoms with Crippen LogP contribution in [0, 0.1) is 5.41 Å². The number of hydrogen-bond donors (Lipinski definition) is 1. The van der Waals surface area contributed by atoms with Gasteiger partial charge in [0.1, 0.15) is 5.75 Å². The second-order valence-corrected chi connectivity index (χ2v) is 5.08. The number of rotatable bonds is 9. The van der Waals surface area contributed by atoms with Crippen molar-refractivity contribution < 1.29 is 9.47 Å². The molecule has 0 aromatic heterocycles. The van der Waals surface area contributed by atoms with Crippen LogP contribution < -0.4 is 10.1 Å². The number of ether oxygens (including phenoxy) is 2. The summed E-state index contributed by atoms with van der Waals surface area (Å²) in [7, 11) is 1.74. The molecule has 0 atom stereocenters. The van der Waals surface area contributed by atoms with Crippen LogP contribution in [0.25, 0.3) is 0 Å². The van der Waals surface area contributed by atoms with Gasteiger partial charge in [-0.1, -0.05) is 18.2 Å². The van der Waals surface area contributed by atoms with Gasteiger partial charge in [-0.15, -0.1) is 0 Å². The van der Waals surface area contributed by atoms with Gasteiger partial charge in [-0.2, -0.15) is 0 Å². The molecule has 1 aliphatic carbocycles. The second-order valence-electron chi connectivity index (χ2n) is 5.08. The summed E-state index contributed by atoms with van der Waals surface area (Å²) >= 11 is 0. The lowest BCUT2D eigenvalue weighted by Crippen LogP contribution is -2.28. The van der Waals surface area contributed by atoms with Crippen LogP contribution in [-0.4, -0.2) is 33.4 Å². The minimum Gasteiger partial charge on any atom is -0.494 e. The highest BCUT2D eigenvalue weighted by Crippen LogP contribution is 2.48. The average molecular weight is 249 g/mol. The Morgan fingerprint density at radius 3 is 2.61 bits per heavy atom. The van der Waals surface area contributed by atoms with Crippen LogP contribution in [0.15, 0.2) is 30.3 Å². The van der Waals surface area contributed by atoms with E-state index in [1.165, 1.54) is 12.8 Å². The fourth-order valence-corrected chi connectivity index (χ4v) is 2.12. The lowest BCUT2D eigenvalue weighted by atomic mass is 10.0. The lowest BCUT2D eigenvalue weighted by Gasteiger charge is -2.16. The third kappa shape index (κ3) is 4.31. The maximum atomic E-state index is 5.76. The predicted octanol–water partition coefficient (Wildman–Crippen LogP) is 2.47. The molecule has 0 amide bonds. The van der Waals surface area contributed by atoms with E-state index in [4.69, 9.17) is 9.47 Å². The molecule has 1 saturated carbocycles. The summed E-state index contributed by atoms with van der Waals surface area (Å²) in [4.78, 5) is 0. The largest absolute Gasteiger partial charge is 0.494 e. The van der Waals surface area contributed by atoms with Crippen molar-refractivity contribution in [1.29, 1.82) is 0 Å². The Morgan fingerprint density at radius 1 is 1.17 bits per heavy atom. The van der Waals surface area contributed by atoms with Gasteiger partial charge in [-0.3, -0.25) is 0 Å². The Labute approximate surface area is 109 Å². The molecular weight excluding hydrogens is 226 g/mol. The van der Waals surface area contributed by atoms with Crippen LogP contribution in [0.1, 0.15) is 19.3 Å². The number of para-hydroxylation sites is 1. The molecule has 100 valence electrons. The molecule has 1 aromatic rings. The highest BCUT2D eigenvalue weighted by Gasteiger charge is 2.41. The SMILES string of the molecule is COCCNCC1(CCOc2ccccc2)CC1. The van der Waals surface area contributed by atoms with Crippen LogP contribution in [-0.2, 0) is 4.74 Å². The number of benzene rings is 1. The molecule has 0 unspecified atom stereocenters. The molecule has 2 rings (SSSR count). The van der Waals surface area contributed by atoms with Gasteiger partial charge in [-0.05, 0) is 36.8 Å². The maximum absolute atomic E-state index is 5.76. The van der Waals surface area contributed by atoms with E-state index in [-0.39, 0.29) is 0 Å². The third-order valence-electron chi connectivity index (χ3n) is 3.58. The Kier molecular flexibility index (Phi) is 5.02. The summed E-state index contributed by atoms with van der Waals surface area (Å²) in [5.41, 5.74) is 0.489. The van der Waals surface area contributed by atoms with E-state index < -0.39 is 0 Å². The number of methoxy groups -OCH3 is 1. The molecule has 0 spiro atoms. The van der Waals surface area contributed by atoms with Crippen molar-refractivity contribution >= 4 is 0 Å². The minimum atomic E-state index is 0.489. The van der Waals surface area contributed by atoms with Crippen molar-refractivity contribution in [3.8, 4) is 5.75 Å². The smallest absolute Gasteiger partial charge is 0.119 e. The van der Waals surface area contributed by atoms with E-state index in [1.807, 2.05) is 30.3 Å².